The Balaban J connectivity index is 1.59. The number of rotatable bonds is 3. The van der Waals surface area contributed by atoms with Crippen LogP contribution in [-0.2, 0) is 5.41 Å². The van der Waals surface area contributed by atoms with Crippen molar-refractivity contribution in [2.24, 2.45) is 17.6 Å². The van der Waals surface area contributed by atoms with Crippen molar-refractivity contribution in [3.05, 3.63) is 11.7 Å². The molecule has 0 spiro atoms. The van der Waals surface area contributed by atoms with Crippen LogP contribution in [0.4, 0.5) is 0 Å². The van der Waals surface area contributed by atoms with Crippen LogP contribution >= 0.6 is 0 Å². The summed E-state index contributed by atoms with van der Waals surface area (Å²) in [6.45, 7) is 0.644. The summed E-state index contributed by atoms with van der Waals surface area (Å²) < 4.78 is 5.46. The molecule has 1 aromatic heterocycles. The zero-order valence-electron chi connectivity index (χ0n) is 10.1. The topological polar surface area (TPSA) is 64.9 Å². The zero-order valence-corrected chi connectivity index (χ0v) is 10.1. The third kappa shape index (κ3) is 1.39. The Kier molecular flexibility index (Phi) is 1.96. The summed E-state index contributed by atoms with van der Waals surface area (Å²) in [6, 6.07) is 0. The Bertz CT molecular complexity index is 438. The minimum absolute atomic E-state index is 0.0445. The first-order valence-corrected chi connectivity index (χ1v) is 6.85. The maximum absolute atomic E-state index is 5.80. The average Bonchev–Trinajstić information content (AvgIpc) is 2.78. The number of nitrogens with zero attached hydrogens (tertiary/aromatic N) is 2. The summed E-state index contributed by atoms with van der Waals surface area (Å²) in [7, 11) is 0. The van der Waals surface area contributed by atoms with Crippen LogP contribution in [0.5, 0.6) is 0 Å². The predicted octanol–water partition coefficient (Wildman–Crippen LogP) is 1.96. The van der Waals surface area contributed by atoms with Crippen LogP contribution in [0.1, 0.15) is 56.2 Å². The first-order valence-electron chi connectivity index (χ1n) is 6.85. The van der Waals surface area contributed by atoms with Crippen molar-refractivity contribution in [3.8, 4) is 0 Å². The first kappa shape index (κ1) is 10.1. The van der Waals surface area contributed by atoms with Crippen molar-refractivity contribution < 1.29 is 4.52 Å². The Morgan fingerprint density at radius 3 is 2.76 bits per heavy atom. The number of hydrogen-bond donors (Lipinski definition) is 1. The molecule has 92 valence electrons. The molecule has 3 aliphatic rings. The van der Waals surface area contributed by atoms with E-state index in [-0.39, 0.29) is 5.41 Å². The van der Waals surface area contributed by atoms with E-state index < -0.39 is 0 Å². The van der Waals surface area contributed by atoms with E-state index in [0.717, 1.165) is 36.4 Å². The molecule has 0 radical (unpaired) electrons. The molecule has 3 aliphatic carbocycles. The molecule has 4 nitrogen and oxygen atoms in total. The zero-order chi connectivity index (χ0) is 11.5. The van der Waals surface area contributed by atoms with Gasteiger partial charge in [0.1, 0.15) is 0 Å². The molecule has 0 amide bonds. The number of fused-ring (bicyclic) bond motifs is 2. The Morgan fingerprint density at radius 2 is 2.18 bits per heavy atom. The van der Waals surface area contributed by atoms with Gasteiger partial charge >= 0.3 is 0 Å². The normalized spacial score (nSPS) is 37.6. The fraction of sp³-hybridized carbons (Fsp3) is 0.846. The van der Waals surface area contributed by atoms with Gasteiger partial charge in [0.2, 0.25) is 5.89 Å². The summed E-state index contributed by atoms with van der Waals surface area (Å²) in [5.74, 6) is 4.08. The molecule has 3 fully saturated rings. The highest BCUT2D eigenvalue weighted by atomic mass is 16.5. The fourth-order valence-electron chi connectivity index (χ4n) is 3.82. The lowest BCUT2D eigenvalue weighted by molar-refractivity contribution is 0.332. The summed E-state index contributed by atoms with van der Waals surface area (Å²) in [6.07, 6.45) is 7.67. The molecular weight excluding hydrogens is 214 g/mol. The van der Waals surface area contributed by atoms with E-state index in [4.69, 9.17) is 10.3 Å². The average molecular weight is 233 g/mol. The molecule has 3 atom stereocenters. The molecule has 17 heavy (non-hydrogen) atoms. The number of nitrogens with two attached hydrogens (primary N) is 1. The Labute approximate surface area is 101 Å². The van der Waals surface area contributed by atoms with Gasteiger partial charge in [0.05, 0.1) is 5.41 Å². The van der Waals surface area contributed by atoms with E-state index >= 15 is 0 Å². The quantitative estimate of drug-likeness (QED) is 0.866. The summed E-state index contributed by atoms with van der Waals surface area (Å²) in [5, 5.41) is 4.23. The third-order valence-electron chi connectivity index (χ3n) is 5.21. The van der Waals surface area contributed by atoms with Crippen LogP contribution in [0.2, 0.25) is 0 Å². The van der Waals surface area contributed by atoms with Gasteiger partial charge < -0.3 is 10.3 Å². The Hall–Kier alpha value is -0.900. The van der Waals surface area contributed by atoms with Gasteiger partial charge in [0.15, 0.2) is 5.82 Å². The second-order valence-corrected chi connectivity index (χ2v) is 6.22. The van der Waals surface area contributed by atoms with Crippen molar-refractivity contribution in [1.29, 1.82) is 0 Å². The second-order valence-electron chi connectivity index (χ2n) is 6.22. The molecule has 0 aliphatic heterocycles. The van der Waals surface area contributed by atoms with Crippen LogP contribution in [0, 0.1) is 11.8 Å². The number of hydrogen-bond acceptors (Lipinski definition) is 4. The minimum Gasteiger partial charge on any atom is -0.339 e. The molecular formula is C13H19N3O. The molecule has 0 aromatic carbocycles. The molecule has 4 heteroatoms. The molecule has 3 unspecified atom stereocenters. The molecule has 4 rings (SSSR count). The highest BCUT2D eigenvalue weighted by Crippen LogP contribution is 2.53. The van der Waals surface area contributed by atoms with E-state index in [9.17, 15) is 0 Å². The highest BCUT2D eigenvalue weighted by molar-refractivity contribution is 5.18. The lowest BCUT2D eigenvalue weighted by atomic mass is 9.88. The Morgan fingerprint density at radius 1 is 1.29 bits per heavy atom. The predicted molar refractivity (Wildman–Crippen MR) is 62.5 cm³/mol. The van der Waals surface area contributed by atoms with Crippen molar-refractivity contribution in [3.63, 3.8) is 0 Å². The summed E-state index contributed by atoms with van der Waals surface area (Å²) in [5.41, 5.74) is 5.84. The van der Waals surface area contributed by atoms with Crippen molar-refractivity contribution in [2.45, 2.75) is 49.9 Å². The summed E-state index contributed by atoms with van der Waals surface area (Å²) >= 11 is 0. The van der Waals surface area contributed by atoms with Crippen LogP contribution in [0.15, 0.2) is 4.52 Å². The lowest BCUT2D eigenvalue weighted by Gasteiger charge is -2.17. The monoisotopic (exact) mass is 233 g/mol. The van der Waals surface area contributed by atoms with Gasteiger partial charge in [-0.05, 0) is 43.9 Å². The SMILES string of the molecule is NCC1(c2nc(C3CC4CCC3C4)no2)CC1. The molecule has 2 bridgehead atoms. The molecule has 0 saturated heterocycles. The van der Waals surface area contributed by atoms with E-state index in [2.05, 4.69) is 10.1 Å². The van der Waals surface area contributed by atoms with Gasteiger partial charge in [-0.1, -0.05) is 11.6 Å². The highest BCUT2D eigenvalue weighted by Gasteiger charge is 2.49. The largest absolute Gasteiger partial charge is 0.339 e. The van der Waals surface area contributed by atoms with Gasteiger partial charge in [0, 0.05) is 12.5 Å². The molecule has 3 saturated carbocycles. The van der Waals surface area contributed by atoms with Crippen LogP contribution in [0.3, 0.4) is 0 Å². The van der Waals surface area contributed by atoms with Gasteiger partial charge in [-0.3, -0.25) is 0 Å². The van der Waals surface area contributed by atoms with E-state index in [1.165, 1.54) is 25.7 Å². The molecule has 1 aromatic rings. The van der Waals surface area contributed by atoms with Crippen molar-refractivity contribution in [1.82, 2.24) is 10.1 Å². The number of aromatic nitrogens is 2. The standard InChI is InChI=1S/C13H19N3O/c14-7-13(3-4-13)12-15-11(16-17-12)10-6-8-1-2-9(10)5-8/h8-10H,1-7,14H2. The van der Waals surface area contributed by atoms with Crippen molar-refractivity contribution in [2.75, 3.05) is 6.54 Å². The van der Waals surface area contributed by atoms with Crippen molar-refractivity contribution >= 4 is 0 Å². The maximum atomic E-state index is 5.80. The molecule has 1 heterocycles. The van der Waals surface area contributed by atoms with Crippen LogP contribution < -0.4 is 5.73 Å². The third-order valence-corrected chi connectivity index (χ3v) is 5.21. The van der Waals surface area contributed by atoms with Crippen LogP contribution in [-0.4, -0.2) is 16.7 Å². The van der Waals surface area contributed by atoms with Gasteiger partial charge in [0.25, 0.3) is 0 Å². The van der Waals surface area contributed by atoms with Gasteiger partial charge in [-0.15, -0.1) is 0 Å². The van der Waals surface area contributed by atoms with Gasteiger partial charge in [-0.2, -0.15) is 4.98 Å². The second kappa shape index (κ2) is 3.31. The van der Waals surface area contributed by atoms with E-state index in [0.29, 0.717) is 12.5 Å². The fourth-order valence-corrected chi connectivity index (χ4v) is 3.82. The van der Waals surface area contributed by atoms with Gasteiger partial charge in [-0.25, -0.2) is 0 Å². The maximum Gasteiger partial charge on any atom is 0.234 e. The minimum atomic E-state index is 0.0445. The lowest BCUT2D eigenvalue weighted by Crippen LogP contribution is -2.20. The van der Waals surface area contributed by atoms with E-state index in [1.807, 2.05) is 0 Å². The first-order chi connectivity index (χ1) is 8.31. The summed E-state index contributed by atoms with van der Waals surface area (Å²) in [4.78, 5) is 4.66. The smallest absolute Gasteiger partial charge is 0.234 e. The molecule has 2 N–H and O–H groups in total. The van der Waals surface area contributed by atoms with Crippen LogP contribution in [0.25, 0.3) is 0 Å². The van der Waals surface area contributed by atoms with E-state index in [1.54, 1.807) is 0 Å².